The van der Waals surface area contributed by atoms with Crippen LogP contribution >= 0.6 is 11.8 Å². The van der Waals surface area contributed by atoms with Crippen LogP contribution in [-0.2, 0) is 0 Å². The van der Waals surface area contributed by atoms with Gasteiger partial charge in [-0.05, 0) is 76.6 Å². The highest BCUT2D eigenvalue weighted by Crippen LogP contribution is 2.39. The van der Waals surface area contributed by atoms with Crippen LogP contribution in [0.5, 0.6) is 5.75 Å². The van der Waals surface area contributed by atoms with E-state index < -0.39 is 18.4 Å². The van der Waals surface area contributed by atoms with Gasteiger partial charge < -0.3 is 20.6 Å². The van der Waals surface area contributed by atoms with Gasteiger partial charge in [0, 0.05) is 46.4 Å². The summed E-state index contributed by atoms with van der Waals surface area (Å²) in [5.41, 5.74) is 0.669. The smallest absolute Gasteiger partial charge is 0.252 e. The highest BCUT2D eigenvalue weighted by Gasteiger charge is 2.41. The Labute approximate surface area is 243 Å². The lowest BCUT2D eigenvalue weighted by Gasteiger charge is -2.49. The number of β-amino-alcohol motifs (C(OH)–C–C–N with tert-alkyl or cyclic N) is 1. The van der Waals surface area contributed by atoms with Gasteiger partial charge >= 0.3 is 0 Å². The third-order valence-electron chi connectivity index (χ3n) is 8.42. The molecule has 0 radical (unpaired) electrons. The molecule has 1 saturated heterocycles. The summed E-state index contributed by atoms with van der Waals surface area (Å²) in [6.07, 6.45) is 4.22. The summed E-state index contributed by atoms with van der Waals surface area (Å²) in [5.74, 6) is 1.41. The van der Waals surface area contributed by atoms with E-state index in [9.17, 15) is 20.1 Å². The number of thioether (sulfide) groups is 1. The summed E-state index contributed by atoms with van der Waals surface area (Å²) < 4.78 is 0. The normalized spacial score (nSPS) is 24.1. The number of rotatable bonds is 10. The fourth-order valence-electron chi connectivity index (χ4n) is 6.24. The zero-order chi connectivity index (χ0) is 28.9. The largest absolute Gasteiger partial charge is 0.508 e. The van der Waals surface area contributed by atoms with E-state index in [0.717, 1.165) is 17.9 Å². The van der Waals surface area contributed by atoms with Crippen molar-refractivity contribution in [3.63, 3.8) is 0 Å². The van der Waals surface area contributed by atoms with E-state index in [0.29, 0.717) is 35.3 Å². The Bertz CT molecular complexity index is 1110. The number of fused-ring (bicyclic) bond motifs is 1. The molecule has 40 heavy (non-hydrogen) atoms. The van der Waals surface area contributed by atoms with Crippen LogP contribution in [-0.4, -0.2) is 74.9 Å². The second-order valence-electron chi connectivity index (χ2n) is 12.6. The van der Waals surface area contributed by atoms with Crippen LogP contribution < -0.4 is 10.6 Å². The van der Waals surface area contributed by atoms with Crippen molar-refractivity contribution in [3.05, 3.63) is 59.7 Å². The van der Waals surface area contributed by atoms with Gasteiger partial charge in [-0.2, -0.15) is 0 Å². The van der Waals surface area contributed by atoms with Gasteiger partial charge in [0.25, 0.3) is 5.91 Å². The molecule has 2 fully saturated rings. The van der Waals surface area contributed by atoms with Crippen LogP contribution in [0.3, 0.4) is 0 Å². The average molecular weight is 570 g/mol. The second kappa shape index (κ2) is 13.7. The molecule has 2 aromatic rings. The van der Waals surface area contributed by atoms with Crippen LogP contribution in [0, 0.1) is 18.8 Å². The van der Waals surface area contributed by atoms with Gasteiger partial charge in [-0.15, -0.1) is 11.8 Å². The molecule has 1 amide bonds. The van der Waals surface area contributed by atoms with Crippen molar-refractivity contribution in [1.82, 2.24) is 15.5 Å². The van der Waals surface area contributed by atoms with E-state index in [4.69, 9.17) is 0 Å². The Morgan fingerprint density at radius 2 is 1.75 bits per heavy atom. The lowest BCUT2D eigenvalue weighted by Crippen LogP contribution is -2.62. The van der Waals surface area contributed by atoms with Gasteiger partial charge in [-0.25, -0.2) is 0 Å². The minimum absolute atomic E-state index is 0.0712. The summed E-state index contributed by atoms with van der Waals surface area (Å²) >= 11 is 1.59. The number of aliphatic hydroxyl groups excluding tert-OH is 2. The number of piperidine rings is 1. The highest BCUT2D eigenvalue weighted by molar-refractivity contribution is 7.99. The van der Waals surface area contributed by atoms with Crippen molar-refractivity contribution in [2.24, 2.45) is 11.8 Å². The first-order chi connectivity index (χ1) is 19.0. The van der Waals surface area contributed by atoms with Gasteiger partial charge in [0.05, 0.1) is 12.1 Å². The maximum Gasteiger partial charge on any atom is 0.252 e. The standard InChI is InChI=1S/C32H47N3O4S/c1-21-25(15-10-16-28(21)36)30(38)33-26(20-40-24-13-6-5-7-14-24)29(37)19-35-18-23-12-9-8-11-22(23)17-27(35)31(39)34-32(2,3)4/h5-7,10,13-16,22-23,26-27,29,31,34,36-37,39H,8-9,11-12,17-20H2,1-4H3,(H,33,38)/t22-,23+,26-,27-,29+,31+/m0/s1. The third-order valence-corrected chi connectivity index (χ3v) is 9.55. The van der Waals surface area contributed by atoms with E-state index in [1.807, 2.05) is 30.3 Å². The molecule has 8 heteroatoms. The molecule has 2 aromatic carbocycles. The first kappa shape index (κ1) is 30.8. The van der Waals surface area contributed by atoms with E-state index in [1.54, 1.807) is 36.9 Å². The second-order valence-corrected chi connectivity index (χ2v) is 13.7. The predicted octanol–water partition coefficient (Wildman–Crippen LogP) is 4.54. The van der Waals surface area contributed by atoms with Gasteiger partial charge in [0.1, 0.15) is 12.0 Å². The van der Waals surface area contributed by atoms with Gasteiger partial charge in [-0.1, -0.05) is 43.5 Å². The molecule has 1 aliphatic carbocycles. The molecule has 5 N–H and O–H groups in total. The third kappa shape index (κ3) is 8.23. The number of carbonyl (C=O) groups excluding carboxylic acids is 1. The Morgan fingerprint density at radius 1 is 1.05 bits per heavy atom. The summed E-state index contributed by atoms with van der Waals surface area (Å²) in [5, 5.41) is 39.5. The van der Waals surface area contributed by atoms with Crippen LogP contribution in [0.2, 0.25) is 0 Å². The van der Waals surface area contributed by atoms with E-state index in [2.05, 4.69) is 36.3 Å². The number of aromatic hydroxyl groups is 1. The Balaban J connectivity index is 1.53. The molecule has 1 heterocycles. The van der Waals surface area contributed by atoms with Crippen LogP contribution in [0.4, 0.5) is 0 Å². The maximum atomic E-state index is 13.3. The fraction of sp³-hybridized carbons (Fsp3) is 0.594. The fourth-order valence-corrected chi connectivity index (χ4v) is 7.27. The lowest BCUT2D eigenvalue weighted by molar-refractivity contribution is -0.0634. The molecule has 6 atom stereocenters. The SMILES string of the molecule is Cc1c(O)cccc1C(=O)N[C@@H](CSc1ccccc1)[C@H](O)CN1C[C@H]2CCCC[C@H]2C[C@H]1[C@@H](O)NC(C)(C)C. The number of phenolic OH excluding ortho intramolecular Hbond substituents is 1. The molecule has 0 spiro atoms. The average Bonchev–Trinajstić information content (AvgIpc) is 2.91. The molecular formula is C32H47N3O4S. The van der Waals surface area contributed by atoms with Crippen molar-refractivity contribution >= 4 is 17.7 Å². The first-order valence-electron chi connectivity index (χ1n) is 14.7. The lowest BCUT2D eigenvalue weighted by atomic mass is 9.72. The number of benzene rings is 2. The van der Waals surface area contributed by atoms with Crippen molar-refractivity contribution in [2.75, 3.05) is 18.8 Å². The Morgan fingerprint density at radius 3 is 2.45 bits per heavy atom. The number of phenols is 1. The summed E-state index contributed by atoms with van der Waals surface area (Å²) in [6.45, 7) is 9.08. The van der Waals surface area contributed by atoms with Crippen molar-refractivity contribution < 1.29 is 20.1 Å². The molecule has 0 aromatic heterocycles. The zero-order valence-corrected chi connectivity index (χ0v) is 25.2. The number of hydrogen-bond acceptors (Lipinski definition) is 7. The molecule has 1 saturated carbocycles. The van der Waals surface area contributed by atoms with Gasteiger partial charge in [0.15, 0.2) is 0 Å². The molecule has 7 nitrogen and oxygen atoms in total. The Kier molecular flexibility index (Phi) is 10.6. The summed E-state index contributed by atoms with van der Waals surface area (Å²) in [7, 11) is 0. The summed E-state index contributed by atoms with van der Waals surface area (Å²) in [6, 6.07) is 14.2. The molecule has 4 rings (SSSR count). The molecule has 2 aliphatic rings. The number of nitrogens with zero attached hydrogens (tertiary/aromatic N) is 1. The maximum absolute atomic E-state index is 13.3. The van der Waals surface area contributed by atoms with E-state index >= 15 is 0 Å². The van der Waals surface area contributed by atoms with Crippen molar-refractivity contribution in [1.29, 1.82) is 0 Å². The molecule has 0 unspecified atom stereocenters. The number of nitrogens with one attached hydrogen (secondary N) is 2. The molecule has 1 aliphatic heterocycles. The zero-order valence-electron chi connectivity index (χ0n) is 24.3. The number of likely N-dealkylation sites (tertiary alicyclic amines) is 1. The number of amides is 1. The van der Waals surface area contributed by atoms with Gasteiger partial charge in [-0.3, -0.25) is 15.0 Å². The molecule has 220 valence electrons. The Hall–Kier alpha value is -2.10. The predicted molar refractivity (Wildman–Crippen MR) is 162 cm³/mol. The molecule has 0 bridgehead atoms. The van der Waals surface area contributed by atoms with Crippen LogP contribution in [0.15, 0.2) is 53.4 Å². The van der Waals surface area contributed by atoms with Crippen LogP contribution in [0.25, 0.3) is 0 Å². The topological polar surface area (TPSA) is 105 Å². The number of hydrogen-bond donors (Lipinski definition) is 5. The van der Waals surface area contributed by atoms with Crippen LogP contribution in [0.1, 0.15) is 68.8 Å². The van der Waals surface area contributed by atoms with E-state index in [-0.39, 0.29) is 23.2 Å². The minimum Gasteiger partial charge on any atom is -0.508 e. The number of aliphatic hydroxyl groups is 2. The van der Waals surface area contributed by atoms with Crippen molar-refractivity contribution in [3.8, 4) is 5.75 Å². The number of carbonyl (C=O) groups is 1. The minimum atomic E-state index is -0.845. The van der Waals surface area contributed by atoms with Gasteiger partial charge in [0.2, 0.25) is 0 Å². The quantitative estimate of drug-likeness (QED) is 0.211. The molecular weight excluding hydrogens is 522 g/mol. The highest BCUT2D eigenvalue weighted by atomic mass is 32.2. The van der Waals surface area contributed by atoms with Crippen molar-refractivity contribution in [2.45, 2.75) is 94.6 Å². The monoisotopic (exact) mass is 569 g/mol. The van der Waals surface area contributed by atoms with E-state index in [1.165, 1.54) is 25.7 Å². The summed E-state index contributed by atoms with van der Waals surface area (Å²) in [4.78, 5) is 16.7. The first-order valence-corrected chi connectivity index (χ1v) is 15.7.